The highest BCUT2D eigenvalue weighted by atomic mass is 16.3. The van der Waals surface area contributed by atoms with Gasteiger partial charge in [-0.15, -0.1) is 0 Å². The number of nitrogens with zero attached hydrogens (tertiary/aromatic N) is 2. The van der Waals surface area contributed by atoms with Crippen LogP contribution in [0.5, 0.6) is 0 Å². The molecule has 1 aliphatic rings. The zero-order valence-electron chi connectivity index (χ0n) is 12.0. The van der Waals surface area contributed by atoms with Crippen molar-refractivity contribution in [3.8, 4) is 6.07 Å². The second-order valence-corrected chi connectivity index (χ2v) is 5.30. The standard InChI is InChI=1S/C17H22N2O/c1-2-11-17(14-18,19-12-7-4-8-13-19)16(20)15-9-5-3-6-10-15/h2-3,5-6,9-11,16,20H,4,7-8,12-13H2,1H3/b11-2+. The molecule has 0 aromatic heterocycles. The molecule has 1 heterocycles. The van der Waals surface area contributed by atoms with Gasteiger partial charge in [-0.2, -0.15) is 5.26 Å². The number of allylic oxidation sites excluding steroid dienone is 1. The maximum atomic E-state index is 10.8. The normalized spacial score (nSPS) is 21.2. The van der Waals surface area contributed by atoms with Gasteiger partial charge in [0, 0.05) is 13.1 Å². The van der Waals surface area contributed by atoms with Crippen LogP contribution in [0.25, 0.3) is 0 Å². The molecule has 1 aromatic carbocycles. The Kier molecular flexibility index (Phi) is 4.94. The molecule has 0 aliphatic carbocycles. The lowest BCUT2D eigenvalue weighted by Gasteiger charge is -2.42. The Balaban J connectivity index is 2.38. The Morgan fingerprint density at radius 1 is 1.25 bits per heavy atom. The molecule has 3 nitrogen and oxygen atoms in total. The first-order valence-electron chi connectivity index (χ1n) is 7.28. The highest BCUT2D eigenvalue weighted by Crippen LogP contribution is 2.34. The van der Waals surface area contributed by atoms with E-state index in [1.165, 1.54) is 6.42 Å². The Bertz CT molecular complexity index is 485. The van der Waals surface area contributed by atoms with Crippen molar-refractivity contribution < 1.29 is 5.11 Å². The van der Waals surface area contributed by atoms with Gasteiger partial charge in [0.05, 0.1) is 6.07 Å². The van der Waals surface area contributed by atoms with E-state index in [0.717, 1.165) is 31.5 Å². The molecule has 3 heteroatoms. The predicted molar refractivity (Wildman–Crippen MR) is 80.0 cm³/mol. The second-order valence-electron chi connectivity index (χ2n) is 5.30. The molecule has 1 fully saturated rings. The highest BCUT2D eigenvalue weighted by molar-refractivity contribution is 5.32. The lowest BCUT2D eigenvalue weighted by atomic mass is 9.85. The molecule has 20 heavy (non-hydrogen) atoms. The number of rotatable bonds is 4. The molecule has 2 atom stereocenters. The Hall–Kier alpha value is -1.63. The van der Waals surface area contributed by atoms with E-state index < -0.39 is 11.6 Å². The van der Waals surface area contributed by atoms with E-state index in [1.807, 2.05) is 49.4 Å². The molecule has 1 N–H and O–H groups in total. The third kappa shape index (κ3) is 2.77. The molecule has 0 bridgehead atoms. The van der Waals surface area contributed by atoms with Crippen molar-refractivity contribution in [2.75, 3.05) is 13.1 Å². The van der Waals surface area contributed by atoms with Crippen LogP contribution in [-0.2, 0) is 0 Å². The van der Waals surface area contributed by atoms with E-state index >= 15 is 0 Å². The molecule has 106 valence electrons. The van der Waals surface area contributed by atoms with Crippen LogP contribution in [0, 0.1) is 11.3 Å². The molecule has 2 unspecified atom stereocenters. The molecule has 1 saturated heterocycles. The molecule has 0 radical (unpaired) electrons. The van der Waals surface area contributed by atoms with E-state index in [-0.39, 0.29) is 0 Å². The fourth-order valence-corrected chi connectivity index (χ4v) is 2.95. The summed E-state index contributed by atoms with van der Waals surface area (Å²) in [5.74, 6) is 0. The second kappa shape index (κ2) is 6.69. The van der Waals surface area contributed by atoms with Gasteiger partial charge in [-0.05, 0) is 25.3 Å². The van der Waals surface area contributed by atoms with Gasteiger partial charge in [0.1, 0.15) is 6.10 Å². The fourth-order valence-electron chi connectivity index (χ4n) is 2.95. The third-order valence-corrected chi connectivity index (χ3v) is 4.01. The largest absolute Gasteiger partial charge is 0.385 e. The summed E-state index contributed by atoms with van der Waals surface area (Å²) < 4.78 is 0. The smallest absolute Gasteiger partial charge is 0.158 e. The molecule has 2 rings (SSSR count). The first-order chi connectivity index (χ1) is 9.74. The number of likely N-dealkylation sites (tertiary alicyclic amines) is 1. The third-order valence-electron chi connectivity index (χ3n) is 4.01. The quantitative estimate of drug-likeness (QED) is 0.855. The van der Waals surface area contributed by atoms with E-state index in [1.54, 1.807) is 0 Å². The van der Waals surface area contributed by atoms with Crippen LogP contribution < -0.4 is 0 Å². The van der Waals surface area contributed by atoms with Crippen LogP contribution in [0.2, 0.25) is 0 Å². The van der Waals surface area contributed by atoms with Crippen LogP contribution >= 0.6 is 0 Å². The van der Waals surface area contributed by atoms with Gasteiger partial charge in [0.25, 0.3) is 0 Å². The van der Waals surface area contributed by atoms with Crippen LogP contribution in [-0.4, -0.2) is 28.6 Å². The van der Waals surface area contributed by atoms with Crippen molar-refractivity contribution in [3.63, 3.8) is 0 Å². The molecular formula is C17H22N2O. The number of aliphatic hydroxyl groups excluding tert-OH is 1. The molecule has 0 saturated carbocycles. The first-order valence-corrected chi connectivity index (χ1v) is 7.28. The lowest BCUT2D eigenvalue weighted by Crippen LogP contribution is -2.52. The topological polar surface area (TPSA) is 47.3 Å². The Morgan fingerprint density at radius 2 is 1.90 bits per heavy atom. The number of piperidine rings is 1. The van der Waals surface area contributed by atoms with Crippen molar-refractivity contribution in [2.24, 2.45) is 0 Å². The number of hydrogen-bond acceptors (Lipinski definition) is 3. The van der Waals surface area contributed by atoms with E-state index in [0.29, 0.717) is 0 Å². The average Bonchev–Trinajstić information content (AvgIpc) is 2.54. The summed E-state index contributed by atoms with van der Waals surface area (Å²) in [7, 11) is 0. The van der Waals surface area contributed by atoms with Gasteiger partial charge in [-0.3, -0.25) is 4.90 Å². The summed E-state index contributed by atoms with van der Waals surface area (Å²) >= 11 is 0. The minimum Gasteiger partial charge on any atom is -0.385 e. The number of nitriles is 1. The maximum absolute atomic E-state index is 10.8. The summed E-state index contributed by atoms with van der Waals surface area (Å²) in [4.78, 5) is 2.12. The van der Waals surface area contributed by atoms with Crippen molar-refractivity contribution in [3.05, 3.63) is 48.0 Å². The summed E-state index contributed by atoms with van der Waals surface area (Å²) in [5.41, 5.74) is -0.172. The van der Waals surface area contributed by atoms with Crippen molar-refractivity contribution in [1.82, 2.24) is 4.90 Å². The molecule has 1 aromatic rings. The molecule has 0 spiro atoms. The highest BCUT2D eigenvalue weighted by Gasteiger charge is 2.42. The predicted octanol–water partition coefficient (Wildman–Crippen LogP) is 3.04. The van der Waals surface area contributed by atoms with Gasteiger partial charge < -0.3 is 5.11 Å². The van der Waals surface area contributed by atoms with Crippen molar-refractivity contribution >= 4 is 0 Å². The minimum absolute atomic E-state index is 0.790. The number of hydrogen-bond donors (Lipinski definition) is 1. The van der Waals surface area contributed by atoms with Crippen molar-refractivity contribution in [1.29, 1.82) is 5.26 Å². The molecule has 1 aliphatic heterocycles. The van der Waals surface area contributed by atoms with Gasteiger partial charge in [-0.1, -0.05) is 48.9 Å². The SMILES string of the molecule is C/C=C/C(C#N)(C(O)c1ccccc1)N1CCCCC1. The van der Waals surface area contributed by atoms with Gasteiger partial charge >= 0.3 is 0 Å². The zero-order chi connectivity index (χ0) is 14.4. The van der Waals surface area contributed by atoms with Gasteiger partial charge in [0.15, 0.2) is 5.54 Å². The molecule has 0 amide bonds. The zero-order valence-corrected chi connectivity index (χ0v) is 12.0. The maximum Gasteiger partial charge on any atom is 0.158 e. The average molecular weight is 270 g/mol. The van der Waals surface area contributed by atoms with Gasteiger partial charge in [0.2, 0.25) is 0 Å². The number of aliphatic hydroxyl groups is 1. The summed E-state index contributed by atoms with van der Waals surface area (Å²) in [6.45, 7) is 3.62. The van der Waals surface area contributed by atoms with Crippen molar-refractivity contribution in [2.45, 2.75) is 37.8 Å². The Labute approximate surface area is 121 Å². The van der Waals surface area contributed by atoms with Crippen LogP contribution in [0.15, 0.2) is 42.5 Å². The van der Waals surface area contributed by atoms with Crippen LogP contribution in [0.3, 0.4) is 0 Å². The fraction of sp³-hybridized carbons (Fsp3) is 0.471. The first kappa shape index (κ1) is 14.8. The van der Waals surface area contributed by atoms with E-state index in [2.05, 4.69) is 11.0 Å². The van der Waals surface area contributed by atoms with E-state index in [4.69, 9.17) is 0 Å². The van der Waals surface area contributed by atoms with Crippen LogP contribution in [0.4, 0.5) is 0 Å². The summed E-state index contributed by atoms with van der Waals surface area (Å²) in [5, 5.41) is 20.6. The van der Waals surface area contributed by atoms with Gasteiger partial charge in [-0.25, -0.2) is 0 Å². The molecular weight excluding hydrogens is 248 g/mol. The Morgan fingerprint density at radius 3 is 2.45 bits per heavy atom. The van der Waals surface area contributed by atoms with E-state index in [9.17, 15) is 10.4 Å². The lowest BCUT2D eigenvalue weighted by molar-refractivity contribution is 0.0206. The number of benzene rings is 1. The summed E-state index contributed by atoms with van der Waals surface area (Å²) in [6, 6.07) is 11.8. The summed E-state index contributed by atoms with van der Waals surface area (Å²) in [6.07, 6.45) is 6.25. The monoisotopic (exact) mass is 270 g/mol. The minimum atomic E-state index is -0.962. The van der Waals surface area contributed by atoms with Crippen LogP contribution in [0.1, 0.15) is 37.9 Å².